The van der Waals surface area contributed by atoms with Crippen LogP contribution in [0.3, 0.4) is 0 Å². The van der Waals surface area contributed by atoms with E-state index in [1.165, 1.54) is 0 Å². The molecular formula is C49H42F6N10. The molecule has 5 aliphatic heterocycles. The molecule has 16 heteroatoms. The molecule has 2 saturated heterocycles. The van der Waals surface area contributed by atoms with Crippen LogP contribution in [0.25, 0.3) is 5.70 Å². The number of benzene rings is 3. The number of hydrogen-bond donors (Lipinski definition) is 2. The number of hydrogen-bond acceptors (Lipinski definition) is 10. The number of aromatic nitrogens is 2. The van der Waals surface area contributed by atoms with Crippen molar-refractivity contribution in [3.63, 3.8) is 0 Å². The van der Waals surface area contributed by atoms with Gasteiger partial charge in [-0.25, -0.2) is 29.9 Å². The zero-order valence-corrected chi connectivity index (χ0v) is 35.0. The molecule has 1 atom stereocenters. The van der Waals surface area contributed by atoms with Gasteiger partial charge in [-0.2, -0.15) is 26.3 Å². The van der Waals surface area contributed by atoms with E-state index >= 15 is 0 Å². The van der Waals surface area contributed by atoms with Crippen molar-refractivity contribution >= 4 is 63.3 Å². The van der Waals surface area contributed by atoms with Gasteiger partial charge in [0.1, 0.15) is 29.2 Å². The normalized spacial score (nSPS) is 18.6. The van der Waals surface area contributed by atoms with Gasteiger partial charge in [-0.3, -0.25) is 0 Å². The number of rotatable bonds is 9. The van der Waals surface area contributed by atoms with Crippen LogP contribution in [0.5, 0.6) is 0 Å². The predicted octanol–water partition coefficient (Wildman–Crippen LogP) is 11.6. The number of dihydropyridines is 1. The van der Waals surface area contributed by atoms with Crippen LogP contribution in [-0.4, -0.2) is 59.4 Å². The first-order valence-corrected chi connectivity index (χ1v) is 21.7. The van der Waals surface area contributed by atoms with E-state index in [9.17, 15) is 26.3 Å². The van der Waals surface area contributed by atoms with Gasteiger partial charge in [0.05, 0.1) is 33.9 Å². The lowest BCUT2D eigenvalue weighted by atomic mass is 9.86. The summed E-state index contributed by atoms with van der Waals surface area (Å²) in [7, 11) is 0. The highest BCUT2D eigenvalue weighted by molar-refractivity contribution is 6.30. The monoisotopic (exact) mass is 884 g/mol. The van der Waals surface area contributed by atoms with Crippen LogP contribution in [0.15, 0.2) is 141 Å². The smallest absolute Gasteiger partial charge is 0.371 e. The molecule has 65 heavy (non-hydrogen) atoms. The molecule has 2 aromatic heterocycles. The van der Waals surface area contributed by atoms with E-state index < -0.39 is 35.0 Å². The first-order valence-electron chi connectivity index (χ1n) is 21.7. The van der Waals surface area contributed by atoms with Crippen molar-refractivity contribution in [2.24, 2.45) is 25.9 Å². The lowest BCUT2D eigenvalue weighted by molar-refractivity contribution is -0.143. The molecule has 0 saturated carbocycles. The largest absolute Gasteiger partial charge is 0.416 e. The minimum Gasteiger partial charge on any atom is -0.371 e. The zero-order chi connectivity index (χ0) is 44.7. The maximum Gasteiger partial charge on any atom is 0.416 e. The number of anilines is 6. The van der Waals surface area contributed by atoms with Gasteiger partial charge in [-0.15, -0.1) is 0 Å². The number of alkyl halides is 6. The molecule has 330 valence electrons. The summed E-state index contributed by atoms with van der Waals surface area (Å²) in [6.45, 7) is 3.63. The third kappa shape index (κ3) is 8.89. The molecule has 1 unspecified atom stereocenters. The molecule has 2 fully saturated rings. The average molecular weight is 885 g/mol. The van der Waals surface area contributed by atoms with Crippen LogP contribution in [0.1, 0.15) is 66.3 Å². The number of amidine groups is 3. The minimum absolute atomic E-state index is 0.0901. The molecule has 0 amide bonds. The third-order valence-corrected chi connectivity index (χ3v) is 12.1. The first kappa shape index (κ1) is 41.9. The third-order valence-electron chi connectivity index (χ3n) is 12.1. The van der Waals surface area contributed by atoms with Crippen molar-refractivity contribution in [3.05, 3.63) is 149 Å². The lowest BCUT2D eigenvalue weighted by Gasteiger charge is -2.31. The Balaban J connectivity index is 1.15. The Morgan fingerprint density at radius 2 is 1.06 bits per heavy atom. The van der Waals surface area contributed by atoms with E-state index in [4.69, 9.17) is 9.98 Å². The predicted molar refractivity (Wildman–Crippen MR) is 244 cm³/mol. The summed E-state index contributed by atoms with van der Waals surface area (Å²) < 4.78 is 85.2. The highest BCUT2D eigenvalue weighted by atomic mass is 19.4. The van der Waals surface area contributed by atoms with E-state index in [2.05, 4.69) is 40.4 Å². The van der Waals surface area contributed by atoms with Gasteiger partial charge in [0.25, 0.3) is 0 Å². The molecule has 7 heterocycles. The Bertz CT molecular complexity index is 2680. The van der Waals surface area contributed by atoms with E-state index in [1.54, 1.807) is 12.4 Å². The first-order chi connectivity index (χ1) is 31.4. The second-order valence-corrected chi connectivity index (χ2v) is 16.5. The van der Waals surface area contributed by atoms with E-state index in [0.717, 1.165) is 76.1 Å². The molecule has 5 aliphatic rings. The molecule has 0 radical (unpaired) electrons. The van der Waals surface area contributed by atoms with Crippen LogP contribution in [0, 0.1) is 5.92 Å². The number of pyridine rings is 2. The number of halogens is 6. The summed E-state index contributed by atoms with van der Waals surface area (Å²) in [5.41, 5.74) is 2.94. The minimum atomic E-state index is -5.08. The number of nitrogens with zero attached hydrogens (tertiary/aromatic N) is 8. The van der Waals surface area contributed by atoms with E-state index in [0.29, 0.717) is 63.3 Å². The van der Waals surface area contributed by atoms with Gasteiger partial charge >= 0.3 is 12.4 Å². The lowest BCUT2D eigenvalue weighted by Crippen LogP contribution is -2.34. The summed E-state index contributed by atoms with van der Waals surface area (Å²) in [4.78, 5) is 33.0. The second-order valence-electron chi connectivity index (χ2n) is 16.5. The Morgan fingerprint density at radius 3 is 1.60 bits per heavy atom. The maximum absolute atomic E-state index is 14.2. The Kier molecular flexibility index (Phi) is 11.0. The van der Waals surface area contributed by atoms with Crippen molar-refractivity contribution in [2.75, 3.05) is 46.6 Å². The van der Waals surface area contributed by atoms with Crippen molar-refractivity contribution < 1.29 is 26.3 Å². The fourth-order valence-corrected chi connectivity index (χ4v) is 8.85. The SMILES string of the molecule is FC(F)(F)c1cc(C2=NC3=NC(c4ccc(N5CCCCC5)cc4Nc4ccccn4)=CC4=CC(c5ccc(N6CCCCC6)cc5Nc5ccccn5)=NC(=N2)C43)cc(C(F)(F)F)c1. The Labute approximate surface area is 371 Å². The standard InChI is InChI=1S/C49H42F6N10/c50-48(51,52)32-23-31(24-33(27-32)49(53,54)55)45-62-46-44-30(25-38(60-46)36-15-13-34(64-19-7-1-8-20-64)28-40(36)58-42-11-3-5-17-56-42)26-39(61-47(44)63-45)37-16-14-35(65-21-9-2-10-22-65)29-41(37)59-43-12-4-6-18-57-43/h3-6,11-18,23-29,44H,1-2,7-10,19-22H2,(H,56,58)(H,57,59). The van der Waals surface area contributed by atoms with Gasteiger partial charge in [0.2, 0.25) is 0 Å². The molecule has 10 nitrogen and oxygen atoms in total. The second kappa shape index (κ2) is 17.1. The molecule has 0 spiro atoms. The van der Waals surface area contributed by atoms with Crippen LogP contribution in [-0.2, 0) is 12.4 Å². The fourth-order valence-electron chi connectivity index (χ4n) is 8.85. The highest BCUT2D eigenvalue weighted by Gasteiger charge is 2.40. The van der Waals surface area contributed by atoms with Gasteiger partial charge in [0, 0.05) is 66.6 Å². The van der Waals surface area contributed by atoms with Gasteiger partial charge < -0.3 is 20.4 Å². The molecule has 0 bridgehead atoms. The van der Waals surface area contributed by atoms with Crippen molar-refractivity contribution in [1.82, 2.24) is 9.97 Å². The van der Waals surface area contributed by atoms with Crippen LogP contribution >= 0.6 is 0 Å². The molecule has 5 aromatic rings. The number of nitrogens with one attached hydrogen (secondary N) is 2. The van der Waals surface area contributed by atoms with E-state index in [-0.39, 0.29) is 23.6 Å². The van der Waals surface area contributed by atoms with Crippen molar-refractivity contribution in [1.29, 1.82) is 0 Å². The van der Waals surface area contributed by atoms with Gasteiger partial charge in [0.15, 0.2) is 5.84 Å². The molecule has 2 N–H and O–H groups in total. The number of piperidine rings is 2. The Morgan fingerprint density at radius 1 is 0.523 bits per heavy atom. The summed E-state index contributed by atoms with van der Waals surface area (Å²) in [6.07, 6.45) is 3.64. The Hall–Kier alpha value is -7.10. The van der Waals surface area contributed by atoms with Crippen molar-refractivity contribution in [3.8, 4) is 0 Å². The van der Waals surface area contributed by atoms with Crippen LogP contribution < -0.4 is 20.4 Å². The maximum atomic E-state index is 14.2. The van der Waals surface area contributed by atoms with Gasteiger partial charge in [-0.05, 0) is 135 Å². The van der Waals surface area contributed by atoms with Crippen molar-refractivity contribution in [2.45, 2.75) is 50.9 Å². The fraction of sp³-hybridized carbons (Fsp3) is 0.265. The summed E-state index contributed by atoms with van der Waals surface area (Å²) in [6, 6.07) is 24.5. The molecule has 10 rings (SSSR count). The van der Waals surface area contributed by atoms with Crippen LogP contribution in [0.4, 0.5) is 60.7 Å². The van der Waals surface area contributed by atoms with Crippen LogP contribution in [0.2, 0.25) is 0 Å². The zero-order valence-electron chi connectivity index (χ0n) is 35.0. The molecule has 3 aromatic carbocycles. The quantitative estimate of drug-likeness (QED) is 0.143. The topological polar surface area (TPSA) is 106 Å². The molecular weight excluding hydrogens is 843 g/mol. The summed E-state index contributed by atoms with van der Waals surface area (Å²) in [5, 5.41) is 6.94. The summed E-state index contributed by atoms with van der Waals surface area (Å²) >= 11 is 0. The van der Waals surface area contributed by atoms with E-state index in [1.807, 2.05) is 84.9 Å². The average Bonchev–Trinajstić information content (AvgIpc) is 3.32. The highest BCUT2D eigenvalue weighted by Crippen LogP contribution is 2.42. The molecule has 0 aliphatic carbocycles. The number of allylic oxidation sites excluding steroid dienone is 2. The number of aliphatic imine (C=N–C) groups is 4. The summed E-state index contributed by atoms with van der Waals surface area (Å²) in [5.74, 6) is 0.292. The van der Waals surface area contributed by atoms with Gasteiger partial charge in [-0.1, -0.05) is 12.1 Å².